The molecule has 0 radical (unpaired) electrons. The third-order valence-corrected chi connectivity index (χ3v) is 6.50. The number of hydrogen-bond donors (Lipinski definition) is 1. The number of aryl methyl sites for hydroxylation is 1. The number of thiazole rings is 1. The van der Waals surface area contributed by atoms with Gasteiger partial charge in [-0.1, -0.05) is 18.2 Å². The molecule has 0 aliphatic carbocycles. The van der Waals surface area contributed by atoms with E-state index < -0.39 is 14.9 Å². The van der Waals surface area contributed by atoms with Crippen molar-refractivity contribution in [3.8, 4) is 11.3 Å². The van der Waals surface area contributed by atoms with Crippen molar-refractivity contribution in [2.24, 2.45) is 0 Å². The topological polar surface area (TPSA) is 107 Å². The highest BCUT2D eigenvalue weighted by Crippen LogP contribution is 2.26. The van der Waals surface area contributed by atoms with Gasteiger partial charge in [0.25, 0.3) is 15.7 Å². The van der Waals surface area contributed by atoms with Crippen molar-refractivity contribution in [2.75, 3.05) is 4.72 Å². The summed E-state index contributed by atoms with van der Waals surface area (Å²) in [6, 6.07) is 11.7. The lowest BCUT2D eigenvalue weighted by Crippen LogP contribution is -2.13. The number of rotatable bonds is 5. The first-order chi connectivity index (χ1) is 13.3. The molecule has 0 unspecified atom stereocenters. The van der Waals surface area contributed by atoms with Crippen molar-refractivity contribution in [1.82, 2.24) is 9.38 Å². The number of sulfonamides is 1. The fourth-order valence-corrected chi connectivity index (χ4v) is 4.67. The Morgan fingerprint density at radius 1 is 1.18 bits per heavy atom. The molecule has 8 nitrogen and oxygen atoms in total. The van der Waals surface area contributed by atoms with Gasteiger partial charge >= 0.3 is 0 Å². The molecule has 28 heavy (non-hydrogen) atoms. The van der Waals surface area contributed by atoms with Crippen LogP contribution in [0.1, 0.15) is 5.69 Å². The zero-order chi connectivity index (χ0) is 19.9. The summed E-state index contributed by atoms with van der Waals surface area (Å²) >= 11 is 1.55. The number of aromatic nitrogens is 2. The molecule has 2 aromatic carbocycles. The Labute approximate surface area is 164 Å². The molecule has 0 saturated carbocycles. The van der Waals surface area contributed by atoms with Crippen LogP contribution in [0, 0.1) is 17.0 Å². The SMILES string of the molecule is Cc1csc2nc(-c3ccc(NS(=O)(=O)c4cccc([N+](=O)[O-])c4)cc3)cn12. The standard InChI is InChI=1S/C18H14N4O4S2/c1-12-11-27-18-19-17(10-21(12)18)13-5-7-14(8-6-13)20-28(25,26)16-4-2-3-15(9-16)22(23)24/h2-11,20H,1H3. The second-order valence-corrected chi connectivity index (χ2v) is 8.61. The lowest BCUT2D eigenvalue weighted by Gasteiger charge is -2.08. The van der Waals surface area contributed by atoms with Crippen LogP contribution in [0.3, 0.4) is 0 Å². The molecule has 142 valence electrons. The van der Waals surface area contributed by atoms with Gasteiger partial charge in [-0.25, -0.2) is 13.4 Å². The van der Waals surface area contributed by atoms with Gasteiger partial charge in [-0.05, 0) is 25.1 Å². The van der Waals surface area contributed by atoms with Gasteiger partial charge in [0.05, 0.1) is 15.5 Å². The number of fused-ring (bicyclic) bond motifs is 1. The quantitative estimate of drug-likeness (QED) is 0.391. The summed E-state index contributed by atoms with van der Waals surface area (Å²) in [7, 11) is -3.94. The number of nitrogens with zero attached hydrogens (tertiary/aromatic N) is 3. The van der Waals surface area contributed by atoms with E-state index in [9.17, 15) is 18.5 Å². The molecule has 0 amide bonds. The third kappa shape index (κ3) is 3.35. The van der Waals surface area contributed by atoms with E-state index >= 15 is 0 Å². The normalized spacial score (nSPS) is 11.6. The van der Waals surface area contributed by atoms with Crippen molar-refractivity contribution >= 4 is 37.7 Å². The first-order valence-electron chi connectivity index (χ1n) is 8.14. The molecule has 4 rings (SSSR count). The lowest BCUT2D eigenvalue weighted by molar-refractivity contribution is -0.385. The maximum atomic E-state index is 12.5. The highest BCUT2D eigenvalue weighted by Gasteiger charge is 2.18. The van der Waals surface area contributed by atoms with Crippen LogP contribution in [0.15, 0.2) is 65.0 Å². The predicted molar refractivity (Wildman–Crippen MR) is 107 cm³/mol. The summed E-state index contributed by atoms with van der Waals surface area (Å²) in [5, 5.41) is 12.9. The number of non-ortho nitro benzene ring substituents is 1. The summed E-state index contributed by atoms with van der Waals surface area (Å²) in [5.74, 6) is 0. The Balaban J connectivity index is 1.58. The maximum absolute atomic E-state index is 12.5. The average Bonchev–Trinajstić information content (AvgIpc) is 3.24. The van der Waals surface area contributed by atoms with Crippen LogP contribution in [0.25, 0.3) is 16.2 Å². The van der Waals surface area contributed by atoms with Crippen LogP contribution in [0.5, 0.6) is 0 Å². The molecular weight excluding hydrogens is 400 g/mol. The van der Waals surface area contributed by atoms with E-state index in [1.54, 1.807) is 35.6 Å². The second-order valence-electron chi connectivity index (χ2n) is 6.09. The molecule has 0 spiro atoms. The van der Waals surface area contributed by atoms with Crippen LogP contribution in [0.2, 0.25) is 0 Å². The van der Waals surface area contributed by atoms with Crippen LogP contribution in [0.4, 0.5) is 11.4 Å². The monoisotopic (exact) mass is 414 g/mol. The molecule has 0 aliphatic rings. The minimum Gasteiger partial charge on any atom is -0.294 e. The zero-order valence-corrected chi connectivity index (χ0v) is 16.2. The molecule has 0 atom stereocenters. The average molecular weight is 414 g/mol. The number of nitro groups is 1. The largest absolute Gasteiger partial charge is 0.294 e. The summed E-state index contributed by atoms with van der Waals surface area (Å²) in [6.07, 6.45) is 1.93. The van der Waals surface area contributed by atoms with E-state index in [4.69, 9.17) is 0 Å². The fourth-order valence-electron chi connectivity index (χ4n) is 2.72. The summed E-state index contributed by atoms with van der Waals surface area (Å²) in [5.41, 5.74) is 2.82. The highest BCUT2D eigenvalue weighted by molar-refractivity contribution is 7.92. The number of imidazole rings is 1. The lowest BCUT2D eigenvalue weighted by atomic mass is 10.1. The van der Waals surface area contributed by atoms with Crippen molar-refractivity contribution in [3.05, 3.63) is 75.9 Å². The Kier molecular flexibility index (Phi) is 4.36. The maximum Gasteiger partial charge on any atom is 0.270 e. The van der Waals surface area contributed by atoms with Gasteiger partial charge in [0.2, 0.25) is 0 Å². The Morgan fingerprint density at radius 2 is 1.93 bits per heavy atom. The Morgan fingerprint density at radius 3 is 2.61 bits per heavy atom. The Hall–Kier alpha value is -3.24. The molecule has 2 heterocycles. The van der Waals surface area contributed by atoms with Gasteiger partial charge in [-0.3, -0.25) is 19.2 Å². The molecular formula is C18H14N4O4S2. The number of nitro benzene ring substituents is 1. The number of nitrogens with one attached hydrogen (secondary N) is 1. The minimum absolute atomic E-state index is 0.171. The molecule has 1 N–H and O–H groups in total. The molecule has 0 fully saturated rings. The third-order valence-electron chi connectivity index (χ3n) is 4.16. The smallest absolute Gasteiger partial charge is 0.270 e. The van der Waals surface area contributed by atoms with Gasteiger partial charge in [-0.15, -0.1) is 11.3 Å². The van der Waals surface area contributed by atoms with Crippen LogP contribution >= 0.6 is 11.3 Å². The summed E-state index contributed by atoms with van der Waals surface area (Å²) in [6.45, 7) is 2.00. The summed E-state index contributed by atoms with van der Waals surface area (Å²) < 4.78 is 29.4. The predicted octanol–water partition coefficient (Wildman–Crippen LogP) is 4.08. The number of anilines is 1. The molecule has 0 saturated heterocycles. The van der Waals surface area contributed by atoms with Crippen molar-refractivity contribution < 1.29 is 13.3 Å². The zero-order valence-electron chi connectivity index (χ0n) is 14.6. The van der Waals surface area contributed by atoms with Crippen molar-refractivity contribution in [3.63, 3.8) is 0 Å². The van der Waals surface area contributed by atoms with E-state index in [-0.39, 0.29) is 10.6 Å². The van der Waals surface area contributed by atoms with E-state index in [1.807, 2.05) is 22.9 Å². The van der Waals surface area contributed by atoms with Gasteiger partial charge in [0, 0.05) is 40.7 Å². The van der Waals surface area contributed by atoms with Gasteiger partial charge in [-0.2, -0.15) is 0 Å². The Bertz CT molecular complexity index is 1290. The van der Waals surface area contributed by atoms with Gasteiger partial charge in [0.15, 0.2) is 4.96 Å². The second kappa shape index (κ2) is 6.73. The van der Waals surface area contributed by atoms with Gasteiger partial charge in [0.1, 0.15) is 0 Å². The number of hydrogen-bond acceptors (Lipinski definition) is 6. The van der Waals surface area contributed by atoms with E-state index in [0.717, 1.165) is 28.0 Å². The molecule has 0 bridgehead atoms. The number of benzene rings is 2. The molecule has 2 aromatic heterocycles. The molecule has 10 heteroatoms. The van der Waals surface area contributed by atoms with Crippen LogP contribution < -0.4 is 4.72 Å². The molecule has 4 aromatic rings. The highest BCUT2D eigenvalue weighted by atomic mass is 32.2. The van der Waals surface area contributed by atoms with Gasteiger partial charge < -0.3 is 0 Å². The van der Waals surface area contributed by atoms with Crippen LogP contribution in [-0.2, 0) is 10.0 Å². The molecule has 0 aliphatic heterocycles. The van der Waals surface area contributed by atoms with Crippen molar-refractivity contribution in [1.29, 1.82) is 0 Å². The van der Waals surface area contributed by atoms with Crippen LogP contribution in [-0.4, -0.2) is 22.7 Å². The van der Waals surface area contributed by atoms with E-state index in [0.29, 0.717) is 5.69 Å². The minimum atomic E-state index is -3.94. The first-order valence-corrected chi connectivity index (χ1v) is 10.5. The fraction of sp³-hybridized carbons (Fsp3) is 0.0556. The summed E-state index contributed by atoms with van der Waals surface area (Å²) in [4.78, 5) is 15.5. The first kappa shape index (κ1) is 18.1. The van der Waals surface area contributed by atoms with E-state index in [1.165, 1.54) is 18.2 Å². The van der Waals surface area contributed by atoms with Crippen molar-refractivity contribution in [2.45, 2.75) is 11.8 Å². The van der Waals surface area contributed by atoms with E-state index in [2.05, 4.69) is 9.71 Å².